The van der Waals surface area contributed by atoms with E-state index in [0.717, 1.165) is 48.8 Å². The molecular formula is C19H22N2O2. The van der Waals surface area contributed by atoms with E-state index in [0.29, 0.717) is 18.5 Å². The van der Waals surface area contributed by atoms with Crippen LogP contribution < -0.4 is 0 Å². The Morgan fingerprint density at radius 1 is 1.26 bits per heavy atom. The number of aromatic nitrogens is 1. The summed E-state index contributed by atoms with van der Waals surface area (Å²) in [6.45, 7) is 3.70. The van der Waals surface area contributed by atoms with Crippen molar-refractivity contribution in [1.29, 1.82) is 0 Å². The van der Waals surface area contributed by atoms with Crippen LogP contribution in [0.15, 0.2) is 24.3 Å². The second-order valence-corrected chi connectivity index (χ2v) is 7.07. The fourth-order valence-corrected chi connectivity index (χ4v) is 4.29. The van der Waals surface area contributed by atoms with Gasteiger partial charge in [0.15, 0.2) is 5.78 Å². The molecule has 2 aliphatic rings. The zero-order chi connectivity index (χ0) is 16.0. The van der Waals surface area contributed by atoms with Gasteiger partial charge in [-0.2, -0.15) is 0 Å². The van der Waals surface area contributed by atoms with Crippen molar-refractivity contribution < 1.29 is 9.59 Å². The van der Waals surface area contributed by atoms with E-state index in [-0.39, 0.29) is 17.1 Å². The highest BCUT2D eigenvalue weighted by Gasteiger charge is 2.40. The number of H-pyrrole nitrogens is 1. The van der Waals surface area contributed by atoms with Crippen LogP contribution in [0.4, 0.5) is 0 Å². The third kappa shape index (κ3) is 2.28. The van der Waals surface area contributed by atoms with Gasteiger partial charge in [-0.05, 0) is 36.3 Å². The van der Waals surface area contributed by atoms with Gasteiger partial charge >= 0.3 is 0 Å². The van der Waals surface area contributed by atoms with Crippen molar-refractivity contribution in [3.63, 3.8) is 0 Å². The number of piperidine rings is 1. The van der Waals surface area contributed by atoms with E-state index >= 15 is 0 Å². The van der Waals surface area contributed by atoms with Gasteiger partial charge in [-0.15, -0.1) is 0 Å². The molecule has 1 aromatic carbocycles. The topological polar surface area (TPSA) is 53.2 Å². The summed E-state index contributed by atoms with van der Waals surface area (Å²) in [6, 6.07) is 7.89. The molecule has 1 atom stereocenters. The van der Waals surface area contributed by atoms with E-state index in [1.165, 1.54) is 0 Å². The van der Waals surface area contributed by atoms with Crippen molar-refractivity contribution in [2.24, 2.45) is 5.41 Å². The Bertz CT molecular complexity index is 792. The van der Waals surface area contributed by atoms with Crippen molar-refractivity contribution >= 4 is 22.6 Å². The lowest BCUT2D eigenvalue weighted by atomic mass is 9.73. The molecule has 0 radical (unpaired) electrons. The fraction of sp³-hybridized carbons (Fsp3) is 0.474. The van der Waals surface area contributed by atoms with E-state index in [2.05, 4.69) is 11.9 Å². The van der Waals surface area contributed by atoms with E-state index in [1.807, 2.05) is 29.2 Å². The third-order valence-electron chi connectivity index (χ3n) is 5.72. The largest absolute Gasteiger partial charge is 0.352 e. The SMILES string of the molecule is CC[C@]12CCCN(C1)C(=O)Cc1c([nH]c3ccccc13)C(=O)C2. The Kier molecular flexibility index (Phi) is 3.29. The summed E-state index contributed by atoms with van der Waals surface area (Å²) in [6.07, 6.45) is 3.84. The summed E-state index contributed by atoms with van der Waals surface area (Å²) in [5.74, 6) is 0.317. The molecule has 2 aliphatic heterocycles. The summed E-state index contributed by atoms with van der Waals surface area (Å²) in [5, 5.41) is 1.01. The molecule has 1 fully saturated rings. The van der Waals surface area contributed by atoms with Crippen LogP contribution >= 0.6 is 0 Å². The number of nitrogens with one attached hydrogen (secondary N) is 1. The van der Waals surface area contributed by atoms with Gasteiger partial charge in [0.2, 0.25) is 5.91 Å². The number of amides is 1. The smallest absolute Gasteiger partial charge is 0.227 e. The monoisotopic (exact) mass is 310 g/mol. The van der Waals surface area contributed by atoms with Crippen LogP contribution in [0.1, 0.15) is 48.7 Å². The first-order valence-electron chi connectivity index (χ1n) is 8.52. The number of rotatable bonds is 1. The molecular weight excluding hydrogens is 288 g/mol. The van der Waals surface area contributed by atoms with Gasteiger partial charge in [0.25, 0.3) is 0 Å². The number of fused-ring (bicyclic) bond motifs is 5. The zero-order valence-corrected chi connectivity index (χ0v) is 13.5. The molecule has 1 aromatic heterocycles. The Morgan fingerprint density at radius 3 is 2.91 bits per heavy atom. The molecule has 0 unspecified atom stereocenters. The average molecular weight is 310 g/mol. The minimum absolute atomic E-state index is 0.0517. The van der Waals surface area contributed by atoms with Crippen molar-refractivity contribution in [2.45, 2.75) is 39.0 Å². The number of nitrogens with zero attached hydrogens (tertiary/aromatic N) is 1. The van der Waals surface area contributed by atoms with Crippen LogP contribution in [0.5, 0.6) is 0 Å². The van der Waals surface area contributed by atoms with E-state index in [1.54, 1.807) is 0 Å². The standard InChI is InChI=1S/C19H22N2O2/c1-2-19-8-5-9-21(12-19)17(23)10-14-13-6-3-4-7-15(13)20-18(14)16(22)11-19/h3-4,6-7,20H,2,5,8-12H2,1H3/t19-/m1/s1. The lowest BCUT2D eigenvalue weighted by Gasteiger charge is -2.41. The molecule has 3 heterocycles. The van der Waals surface area contributed by atoms with E-state index < -0.39 is 0 Å². The Morgan fingerprint density at radius 2 is 2.09 bits per heavy atom. The van der Waals surface area contributed by atoms with Crippen LogP contribution in [0, 0.1) is 5.41 Å². The molecule has 120 valence electrons. The number of carbonyl (C=O) groups is 2. The van der Waals surface area contributed by atoms with Gasteiger partial charge < -0.3 is 9.88 Å². The van der Waals surface area contributed by atoms with E-state index in [4.69, 9.17) is 0 Å². The number of aromatic amines is 1. The van der Waals surface area contributed by atoms with E-state index in [9.17, 15) is 9.59 Å². The van der Waals surface area contributed by atoms with Crippen LogP contribution in [0.25, 0.3) is 10.9 Å². The molecule has 1 N–H and O–H groups in total. The molecule has 2 aromatic rings. The third-order valence-corrected chi connectivity index (χ3v) is 5.72. The quantitative estimate of drug-likeness (QED) is 0.878. The number of benzene rings is 1. The molecule has 4 heteroatoms. The highest BCUT2D eigenvalue weighted by Crippen LogP contribution is 2.40. The second-order valence-electron chi connectivity index (χ2n) is 7.07. The summed E-state index contributed by atoms with van der Waals surface area (Å²) < 4.78 is 0. The number of hydrogen-bond donors (Lipinski definition) is 1. The van der Waals surface area contributed by atoms with Crippen molar-refractivity contribution in [1.82, 2.24) is 9.88 Å². The summed E-state index contributed by atoms with van der Waals surface area (Å²) >= 11 is 0. The van der Waals surface area contributed by atoms with Gasteiger partial charge in [-0.3, -0.25) is 9.59 Å². The molecule has 2 bridgehead atoms. The summed E-state index contributed by atoms with van der Waals surface area (Å²) in [7, 11) is 0. The van der Waals surface area contributed by atoms with Gasteiger partial charge in [0.1, 0.15) is 0 Å². The molecule has 0 spiro atoms. The van der Waals surface area contributed by atoms with Crippen molar-refractivity contribution in [3.8, 4) is 0 Å². The predicted molar refractivity (Wildman–Crippen MR) is 89.5 cm³/mol. The Balaban J connectivity index is 1.88. The lowest BCUT2D eigenvalue weighted by molar-refractivity contribution is -0.134. The van der Waals surface area contributed by atoms with Crippen LogP contribution in [-0.4, -0.2) is 34.7 Å². The van der Waals surface area contributed by atoms with Gasteiger partial charge in [0, 0.05) is 30.4 Å². The molecule has 0 aliphatic carbocycles. The fourth-order valence-electron chi connectivity index (χ4n) is 4.29. The zero-order valence-electron chi connectivity index (χ0n) is 13.5. The minimum atomic E-state index is -0.0517. The lowest BCUT2D eigenvalue weighted by Crippen LogP contribution is -2.46. The Hall–Kier alpha value is -2.10. The van der Waals surface area contributed by atoms with Gasteiger partial charge in [-0.1, -0.05) is 25.1 Å². The maximum atomic E-state index is 13.0. The molecule has 4 nitrogen and oxygen atoms in total. The molecule has 23 heavy (non-hydrogen) atoms. The number of carbonyl (C=O) groups excluding carboxylic acids is 2. The first-order valence-corrected chi connectivity index (χ1v) is 8.52. The summed E-state index contributed by atoms with van der Waals surface area (Å²) in [4.78, 5) is 31.1. The Labute approximate surface area is 135 Å². The summed E-state index contributed by atoms with van der Waals surface area (Å²) in [5.41, 5.74) is 2.43. The van der Waals surface area contributed by atoms with Crippen LogP contribution in [-0.2, 0) is 11.2 Å². The second kappa shape index (κ2) is 5.22. The number of ketones is 1. The molecule has 1 amide bonds. The molecule has 0 saturated carbocycles. The van der Waals surface area contributed by atoms with Crippen molar-refractivity contribution in [3.05, 3.63) is 35.5 Å². The molecule has 4 rings (SSSR count). The van der Waals surface area contributed by atoms with Gasteiger partial charge in [0.05, 0.1) is 12.1 Å². The van der Waals surface area contributed by atoms with Crippen LogP contribution in [0.3, 0.4) is 0 Å². The predicted octanol–water partition coefficient (Wildman–Crippen LogP) is 3.32. The first-order chi connectivity index (χ1) is 11.1. The average Bonchev–Trinajstić information content (AvgIpc) is 2.94. The highest BCUT2D eigenvalue weighted by atomic mass is 16.2. The number of Topliss-reactive ketones (excluding diaryl/α,β-unsaturated/α-hetero) is 1. The molecule has 1 saturated heterocycles. The maximum Gasteiger partial charge on any atom is 0.227 e. The minimum Gasteiger partial charge on any atom is -0.352 e. The number of para-hydroxylation sites is 1. The highest BCUT2D eigenvalue weighted by molar-refractivity contribution is 6.04. The maximum absolute atomic E-state index is 13.0. The number of hydrogen-bond acceptors (Lipinski definition) is 2. The normalized spacial score (nSPS) is 25.0. The van der Waals surface area contributed by atoms with Crippen molar-refractivity contribution in [2.75, 3.05) is 13.1 Å². The van der Waals surface area contributed by atoms with Crippen LogP contribution in [0.2, 0.25) is 0 Å². The first kappa shape index (κ1) is 14.5. The van der Waals surface area contributed by atoms with Gasteiger partial charge in [-0.25, -0.2) is 0 Å².